The molecule has 12 heavy (non-hydrogen) atoms. The molecule has 1 saturated heterocycles. The third-order valence-electron chi connectivity index (χ3n) is 2.37. The Balaban J connectivity index is 2.41. The van der Waals surface area contributed by atoms with E-state index < -0.39 is 12.6 Å². The van der Waals surface area contributed by atoms with Crippen LogP contribution in [0.1, 0.15) is 26.2 Å². The van der Waals surface area contributed by atoms with E-state index in [-0.39, 0.29) is 6.04 Å². The van der Waals surface area contributed by atoms with Crippen molar-refractivity contribution in [3.8, 4) is 0 Å². The van der Waals surface area contributed by atoms with Gasteiger partial charge in [-0.1, -0.05) is 6.92 Å². The van der Waals surface area contributed by atoms with Crippen LogP contribution in [0.25, 0.3) is 0 Å². The van der Waals surface area contributed by atoms with E-state index in [2.05, 4.69) is 0 Å². The third-order valence-corrected chi connectivity index (χ3v) is 2.37. The van der Waals surface area contributed by atoms with E-state index in [1.807, 2.05) is 11.8 Å². The highest BCUT2D eigenvalue weighted by atomic mass is 19.4. The molecular weight excluding hydrogens is 167 g/mol. The van der Waals surface area contributed by atoms with Crippen molar-refractivity contribution in [2.24, 2.45) is 0 Å². The Morgan fingerprint density at radius 3 is 2.58 bits per heavy atom. The summed E-state index contributed by atoms with van der Waals surface area (Å²) in [6.45, 7) is 3.48. The molecule has 0 radical (unpaired) electrons. The molecule has 0 aromatic rings. The SMILES string of the molecule is CCN1CCCC1CC(F)(F)F. The van der Waals surface area contributed by atoms with Crippen molar-refractivity contribution in [3.05, 3.63) is 0 Å². The van der Waals surface area contributed by atoms with Crippen molar-refractivity contribution in [2.45, 2.75) is 38.4 Å². The van der Waals surface area contributed by atoms with Crippen molar-refractivity contribution in [2.75, 3.05) is 13.1 Å². The van der Waals surface area contributed by atoms with Gasteiger partial charge in [0, 0.05) is 6.04 Å². The molecule has 4 heteroatoms. The standard InChI is InChI=1S/C8H14F3N/c1-2-12-5-3-4-7(12)6-8(9,10)11/h7H,2-6H2,1H3. The first kappa shape index (κ1) is 9.84. The first-order valence-corrected chi connectivity index (χ1v) is 4.33. The lowest BCUT2D eigenvalue weighted by Gasteiger charge is -2.23. The van der Waals surface area contributed by atoms with Crippen molar-refractivity contribution in [1.29, 1.82) is 0 Å². The topological polar surface area (TPSA) is 3.24 Å². The summed E-state index contributed by atoms with van der Waals surface area (Å²) in [5, 5.41) is 0. The summed E-state index contributed by atoms with van der Waals surface area (Å²) in [6.07, 6.45) is -3.02. The monoisotopic (exact) mass is 181 g/mol. The van der Waals surface area contributed by atoms with Gasteiger partial charge in [-0.05, 0) is 25.9 Å². The third kappa shape index (κ3) is 2.66. The van der Waals surface area contributed by atoms with E-state index in [0.717, 1.165) is 19.5 Å². The van der Waals surface area contributed by atoms with Gasteiger partial charge in [0.25, 0.3) is 0 Å². The lowest BCUT2D eigenvalue weighted by Crippen LogP contribution is -2.33. The van der Waals surface area contributed by atoms with Gasteiger partial charge in [-0.15, -0.1) is 0 Å². The first-order chi connectivity index (χ1) is 5.53. The predicted molar refractivity (Wildman–Crippen MR) is 40.9 cm³/mol. The zero-order valence-electron chi connectivity index (χ0n) is 7.19. The fraction of sp³-hybridized carbons (Fsp3) is 1.00. The second kappa shape index (κ2) is 3.64. The second-order valence-corrected chi connectivity index (χ2v) is 3.24. The van der Waals surface area contributed by atoms with E-state index in [9.17, 15) is 13.2 Å². The minimum atomic E-state index is -4.00. The number of rotatable bonds is 2. The molecule has 72 valence electrons. The maximum atomic E-state index is 12.0. The maximum absolute atomic E-state index is 12.0. The van der Waals surface area contributed by atoms with Gasteiger partial charge in [0.1, 0.15) is 0 Å². The highest BCUT2D eigenvalue weighted by Crippen LogP contribution is 2.29. The maximum Gasteiger partial charge on any atom is 0.390 e. The van der Waals surface area contributed by atoms with Gasteiger partial charge in [-0.3, -0.25) is 0 Å². The molecule has 0 aromatic heterocycles. The van der Waals surface area contributed by atoms with Gasteiger partial charge in [-0.2, -0.15) is 13.2 Å². The molecule has 1 unspecified atom stereocenters. The minimum Gasteiger partial charge on any atom is -0.300 e. The second-order valence-electron chi connectivity index (χ2n) is 3.24. The number of hydrogen-bond donors (Lipinski definition) is 0. The van der Waals surface area contributed by atoms with Crippen LogP contribution in [0, 0.1) is 0 Å². The summed E-state index contributed by atoms with van der Waals surface area (Å²) in [7, 11) is 0. The summed E-state index contributed by atoms with van der Waals surface area (Å²) >= 11 is 0. The van der Waals surface area contributed by atoms with Gasteiger partial charge in [0.2, 0.25) is 0 Å². The molecule has 1 aliphatic heterocycles. The normalized spacial score (nSPS) is 26.5. The van der Waals surface area contributed by atoms with Gasteiger partial charge in [0.05, 0.1) is 6.42 Å². The molecule has 1 rings (SSSR count). The number of alkyl halides is 3. The fourth-order valence-corrected chi connectivity index (χ4v) is 1.81. The van der Waals surface area contributed by atoms with E-state index in [0.29, 0.717) is 6.42 Å². The van der Waals surface area contributed by atoms with Crippen LogP contribution < -0.4 is 0 Å². The number of likely N-dealkylation sites (tertiary alicyclic amines) is 1. The summed E-state index contributed by atoms with van der Waals surface area (Å²) < 4.78 is 36.0. The minimum absolute atomic E-state index is 0.255. The molecule has 1 fully saturated rings. The Bertz CT molecular complexity index is 144. The molecule has 0 aliphatic carbocycles. The molecule has 1 atom stereocenters. The molecule has 0 N–H and O–H groups in total. The predicted octanol–water partition coefficient (Wildman–Crippen LogP) is 2.42. The Morgan fingerprint density at radius 1 is 1.42 bits per heavy atom. The summed E-state index contributed by atoms with van der Waals surface area (Å²) in [6, 6.07) is -0.255. The number of hydrogen-bond acceptors (Lipinski definition) is 1. The Kier molecular flexibility index (Phi) is 2.99. The van der Waals surface area contributed by atoms with Crippen LogP contribution in [0.2, 0.25) is 0 Å². The van der Waals surface area contributed by atoms with Crippen molar-refractivity contribution < 1.29 is 13.2 Å². The van der Waals surface area contributed by atoms with Crippen molar-refractivity contribution >= 4 is 0 Å². The zero-order valence-corrected chi connectivity index (χ0v) is 7.19. The molecule has 1 nitrogen and oxygen atoms in total. The largest absolute Gasteiger partial charge is 0.390 e. The van der Waals surface area contributed by atoms with Crippen LogP contribution in [-0.4, -0.2) is 30.2 Å². The summed E-state index contributed by atoms with van der Waals surface area (Å²) in [5.41, 5.74) is 0. The first-order valence-electron chi connectivity index (χ1n) is 4.33. The van der Waals surface area contributed by atoms with Gasteiger partial charge in [0.15, 0.2) is 0 Å². The fourth-order valence-electron chi connectivity index (χ4n) is 1.81. The van der Waals surface area contributed by atoms with E-state index in [1.54, 1.807) is 0 Å². The van der Waals surface area contributed by atoms with Gasteiger partial charge >= 0.3 is 6.18 Å². The average Bonchev–Trinajstić information content (AvgIpc) is 2.31. The van der Waals surface area contributed by atoms with Crippen LogP contribution in [0.3, 0.4) is 0 Å². The Morgan fingerprint density at radius 2 is 2.08 bits per heavy atom. The molecule has 0 amide bonds. The Labute approximate surface area is 70.5 Å². The van der Waals surface area contributed by atoms with Crippen molar-refractivity contribution in [3.63, 3.8) is 0 Å². The quantitative estimate of drug-likeness (QED) is 0.632. The van der Waals surface area contributed by atoms with Crippen LogP contribution in [-0.2, 0) is 0 Å². The van der Waals surface area contributed by atoms with E-state index in [4.69, 9.17) is 0 Å². The smallest absolute Gasteiger partial charge is 0.300 e. The molecule has 0 bridgehead atoms. The summed E-state index contributed by atoms with van der Waals surface area (Å²) in [5.74, 6) is 0. The van der Waals surface area contributed by atoms with E-state index >= 15 is 0 Å². The number of halogens is 3. The van der Waals surface area contributed by atoms with Crippen LogP contribution in [0.15, 0.2) is 0 Å². The molecule has 1 aliphatic rings. The molecule has 0 aromatic carbocycles. The molecule has 0 spiro atoms. The van der Waals surface area contributed by atoms with Crippen molar-refractivity contribution in [1.82, 2.24) is 4.90 Å². The lowest BCUT2D eigenvalue weighted by atomic mass is 10.1. The highest BCUT2D eigenvalue weighted by molar-refractivity contribution is 4.80. The lowest BCUT2D eigenvalue weighted by molar-refractivity contribution is -0.145. The van der Waals surface area contributed by atoms with E-state index in [1.165, 1.54) is 0 Å². The molecule has 1 heterocycles. The molecular formula is C8H14F3N. The average molecular weight is 181 g/mol. The van der Waals surface area contributed by atoms with Gasteiger partial charge in [-0.25, -0.2) is 0 Å². The van der Waals surface area contributed by atoms with Crippen LogP contribution in [0.4, 0.5) is 13.2 Å². The Hall–Kier alpha value is -0.250. The number of nitrogens with zero attached hydrogens (tertiary/aromatic N) is 1. The molecule has 0 saturated carbocycles. The van der Waals surface area contributed by atoms with Crippen LogP contribution >= 0.6 is 0 Å². The van der Waals surface area contributed by atoms with Gasteiger partial charge < -0.3 is 4.90 Å². The zero-order chi connectivity index (χ0) is 9.19. The van der Waals surface area contributed by atoms with Crippen LogP contribution in [0.5, 0.6) is 0 Å². The summed E-state index contributed by atoms with van der Waals surface area (Å²) in [4.78, 5) is 1.91. The highest BCUT2D eigenvalue weighted by Gasteiger charge is 2.35.